The largest absolute Gasteiger partial charge is 0.368 e. The second kappa shape index (κ2) is 6.91. The van der Waals surface area contributed by atoms with Gasteiger partial charge in [0.1, 0.15) is 5.69 Å². The number of anilines is 2. The number of benzene rings is 2. The van der Waals surface area contributed by atoms with Crippen molar-refractivity contribution in [3.63, 3.8) is 0 Å². The van der Waals surface area contributed by atoms with E-state index in [0.717, 1.165) is 13.1 Å². The lowest BCUT2D eigenvalue weighted by Crippen LogP contribution is -2.50. The van der Waals surface area contributed by atoms with Crippen LogP contribution in [0.5, 0.6) is 0 Å². The summed E-state index contributed by atoms with van der Waals surface area (Å²) in [6.45, 7) is 2.95. The molecule has 1 heterocycles. The number of hydrogen-bond donors (Lipinski definition) is 2. The first-order chi connectivity index (χ1) is 11.3. The van der Waals surface area contributed by atoms with E-state index in [2.05, 4.69) is 27.5 Å². The van der Waals surface area contributed by atoms with Crippen LogP contribution in [0.15, 0.2) is 59.7 Å². The van der Waals surface area contributed by atoms with Crippen molar-refractivity contribution in [1.29, 1.82) is 5.53 Å². The molecule has 2 N–H and O–H groups in total. The quantitative estimate of drug-likeness (QED) is 0.848. The van der Waals surface area contributed by atoms with Gasteiger partial charge in [0.05, 0.1) is 5.69 Å². The summed E-state index contributed by atoms with van der Waals surface area (Å²) in [5.74, 6) is 0. The minimum Gasteiger partial charge on any atom is -0.368 e. The molecule has 6 nitrogen and oxygen atoms in total. The molecule has 1 saturated heterocycles. The van der Waals surface area contributed by atoms with Crippen LogP contribution < -0.4 is 10.2 Å². The third-order valence-corrected chi connectivity index (χ3v) is 3.95. The Bertz CT molecular complexity index is 680. The van der Waals surface area contributed by atoms with Crippen molar-refractivity contribution in [1.82, 2.24) is 4.90 Å². The molecule has 6 heteroatoms. The Morgan fingerprint density at radius 2 is 1.61 bits per heavy atom. The van der Waals surface area contributed by atoms with Crippen molar-refractivity contribution in [3.05, 3.63) is 54.6 Å². The van der Waals surface area contributed by atoms with Crippen molar-refractivity contribution in [2.45, 2.75) is 0 Å². The first-order valence-corrected chi connectivity index (χ1v) is 7.60. The molecule has 1 aliphatic heterocycles. The van der Waals surface area contributed by atoms with Gasteiger partial charge in [-0.2, -0.15) is 5.11 Å². The molecule has 2 aromatic carbocycles. The highest BCUT2D eigenvalue weighted by molar-refractivity contribution is 5.92. The SMILES string of the molecule is N=Nc1ccccc1NC(=O)N1CCN(c2ccccc2)CC1. The first-order valence-electron chi connectivity index (χ1n) is 7.60. The molecule has 1 fully saturated rings. The average molecular weight is 309 g/mol. The predicted molar refractivity (Wildman–Crippen MR) is 90.5 cm³/mol. The highest BCUT2D eigenvalue weighted by Gasteiger charge is 2.21. The zero-order chi connectivity index (χ0) is 16.1. The van der Waals surface area contributed by atoms with Gasteiger partial charge in [-0.3, -0.25) is 0 Å². The number of piperazine rings is 1. The number of para-hydroxylation sites is 3. The Hall–Kier alpha value is -2.89. The number of hydrogen-bond acceptors (Lipinski definition) is 4. The maximum absolute atomic E-state index is 12.4. The number of amides is 2. The summed E-state index contributed by atoms with van der Waals surface area (Å²) < 4.78 is 0. The summed E-state index contributed by atoms with van der Waals surface area (Å²) in [4.78, 5) is 16.4. The third kappa shape index (κ3) is 3.48. The molecule has 23 heavy (non-hydrogen) atoms. The Labute approximate surface area is 135 Å². The molecule has 118 valence electrons. The second-order valence-corrected chi connectivity index (χ2v) is 5.37. The molecule has 0 aromatic heterocycles. The fourth-order valence-corrected chi connectivity index (χ4v) is 2.68. The number of rotatable bonds is 3. The Balaban J connectivity index is 1.59. The molecular formula is C17H19N5O. The van der Waals surface area contributed by atoms with Crippen LogP contribution in [0.1, 0.15) is 0 Å². The van der Waals surface area contributed by atoms with E-state index in [9.17, 15) is 4.79 Å². The number of carbonyl (C=O) groups excluding carboxylic acids is 1. The lowest BCUT2D eigenvalue weighted by molar-refractivity contribution is 0.208. The molecule has 3 rings (SSSR count). The lowest BCUT2D eigenvalue weighted by atomic mass is 10.2. The van der Waals surface area contributed by atoms with Crippen LogP contribution in [0, 0.1) is 5.53 Å². The summed E-state index contributed by atoms with van der Waals surface area (Å²) in [6.07, 6.45) is 0. The summed E-state index contributed by atoms with van der Waals surface area (Å²) in [5, 5.41) is 6.27. The van der Waals surface area contributed by atoms with Crippen molar-refractivity contribution < 1.29 is 4.79 Å². The van der Waals surface area contributed by atoms with Gasteiger partial charge in [0.15, 0.2) is 0 Å². The zero-order valence-electron chi connectivity index (χ0n) is 12.8. The van der Waals surface area contributed by atoms with Gasteiger partial charge in [-0.1, -0.05) is 30.3 Å². The van der Waals surface area contributed by atoms with Gasteiger partial charge in [0.2, 0.25) is 0 Å². The molecule has 0 radical (unpaired) electrons. The van der Waals surface area contributed by atoms with E-state index in [1.165, 1.54) is 5.69 Å². The topological polar surface area (TPSA) is 71.8 Å². The standard InChI is InChI=1S/C17H19N5O/c18-20-16-9-5-4-8-15(16)19-17(23)22-12-10-21(11-13-22)14-6-2-1-3-7-14/h1-9,18H,10-13H2,(H,19,23). The Morgan fingerprint density at radius 1 is 0.957 bits per heavy atom. The van der Waals surface area contributed by atoms with Gasteiger partial charge in [-0.15, -0.1) is 0 Å². The monoisotopic (exact) mass is 309 g/mol. The van der Waals surface area contributed by atoms with Crippen LogP contribution in [-0.4, -0.2) is 37.1 Å². The molecule has 0 aliphatic carbocycles. The number of carbonyl (C=O) groups is 1. The second-order valence-electron chi connectivity index (χ2n) is 5.37. The molecule has 0 bridgehead atoms. The van der Waals surface area contributed by atoms with Crippen molar-refractivity contribution in [2.24, 2.45) is 5.11 Å². The van der Waals surface area contributed by atoms with Crippen molar-refractivity contribution in [3.8, 4) is 0 Å². The summed E-state index contributed by atoms with van der Waals surface area (Å²) in [6, 6.07) is 17.1. The molecule has 1 aliphatic rings. The van der Waals surface area contributed by atoms with Crippen LogP contribution >= 0.6 is 0 Å². The maximum atomic E-state index is 12.4. The van der Waals surface area contributed by atoms with Gasteiger partial charge < -0.3 is 15.1 Å². The van der Waals surface area contributed by atoms with Gasteiger partial charge in [-0.25, -0.2) is 10.3 Å². The van der Waals surface area contributed by atoms with E-state index < -0.39 is 0 Å². The highest BCUT2D eigenvalue weighted by Crippen LogP contribution is 2.24. The summed E-state index contributed by atoms with van der Waals surface area (Å²) in [5.41, 5.74) is 9.36. The number of urea groups is 1. The highest BCUT2D eigenvalue weighted by atomic mass is 16.2. The molecular weight excluding hydrogens is 290 g/mol. The molecule has 0 spiro atoms. The third-order valence-electron chi connectivity index (χ3n) is 3.95. The Morgan fingerprint density at radius 3 is 2.30 bits per heavy atom. The number of nitrogens with one attached hydrogen (secondary N) is 2. The average Bonchev–Trinajstić information content (AvgIpc) is 2.63. The van der Waals surface area contributed by atoms with Crippen molar-refractivity contribution >= 4 is 23.1 Å². The minimum absolute atomic E-state index is 0.145. The predicted octanol–water partition coefficient (Wildman–Crippen LogP) is 3.70. The van der Waals surface area contributed by atoms with E-state index in [1.54, 1.807) is 23.1 Å². The normalized spacial score (nSPS) is 14.4. The maximum Gasteiger partial charge on any atom is 0.322 e. The van der Waals surface area contributed by atoms with E-state index in [1.807, 2.05) is 24.3 Å². The van der Waals surface area contributed by atoms with E-state index in [4.69, 9.17) is 5.53 Å². The molecule has 0 unspecified atom stereocenters. The van der Waals surface area contributed by atoms with E-state index in [0.29, 0.717) is 24.5 Å². The van der Waals surface area contributed by atoms with Crippen molar-refractivity contribution in [2.75, 3.05) is 36.4 Å². The minimum atomic E-state index is -0.145. The Kier molecular flexibility index (Phi) is 4.52. The van der Waals surface area contributed by atoms with Crippen LogP contribution in [-0.2, 0) is 0 Å². The first kappa shape index (κ1) is 15.0. The van der Waals surface area contributed by atoms with Gasteiger partial charge in [0.25, 0.3) is 0 Å². The van der Waals surface area contributed by atoms with Gasteiger partial charge in [0, 0.05) is 31.9 Å². The van der Waals surface area contributed by atoms with Crippen LogP contribution in [0.3, 0.4) is 0 Å². The fourth-order valence-electron chi connectivity index (χ4n) is 2.68. The van der Waals surface area contributed by atoms with E-state index in [-0.39, 0.29) is 6.03 Å². The van der Waals surface area contributed by atoms with Gasteiger partial charge in [-0.05, 0) is 24.3 Å². The lowest BCUT2D eigenvalue weighted by Gasteiger charge is -2.36. The van der Waals surface area contributed by atoms with E-state index >= 15 is 0 Å². The molecule has 2 amide bonds. The summed E-state index contributed by atoms with van der Waals surface area (Å²) >= 11 is 0. The smallest absolute Gasteiger partial charge is 0.322 e. The molecule has 0 saturated carbocycles. The zero-order valence-corrected chi connectivity index (χ0v) is 12.8. The number of nitrogens with zero attached hydrogens (tertiary/aromatic N) is 3. The van der Waals surface area contributed by atoms with Crippen LogP contribution in [0.25, 0.3) is 0 Å². The molecule has 0 atom stereocenters. The van der Waals surface area contributed by atoms with Crippen LogP contribution in [0.4, 0.5) is 21.9 Å². The molecule has 2 aromatic rings. The fraction of sp³-hybridized carbons (Fsp3) is 0.235. The van der Waals surface area contributed by atoms with Crippen LogP contribution in [0.2, 0.25) is 0 Å². The summed E-state index contributed by atoms with van der Waals surface area (Å²) in [7, 11) is 0. The van der Waals surface area contributed by atoms with Gasteiger partial charge >= 0.3 is 6.03 Å².